The molecular weight excluding hydrogens is 246 g/mol. The molecule has 1 aromatic heterocycles. The summed E-state index contributed by atoms with van der Waals surface area (Å²) in [5, 5.41) is 0.618. The van der Waals surface area contributed by atoms with Gasteiger partial charge in [-0.05, 0) is 24.8 Å². The number of aryl methyl sites for hydroxylation is 1. The number of imidazole rings is 1. The van der Waals surface area contributed by atoms with E-state index in [-0.39, 0.29) is 0 Å². The number of anilines is 1. The number of methoxy groups -OCH3 is 1. The van der Waals surface area contributed by atoms with Gasteiger partial charge in [0.15, 0.2) is 0 Å². The van der Waals surface area contributed by atoms with Crippen LogP contribution in [-0.4, -0.2) is 28.2 Å². The molecule has 1 aromatic carbocycles. The summed E-state index contributed by atoms with van der Waals surface area (Å²) >= 11 is 1.87. The monoisotopic (exact) mass is 265 g/mol. The topological polar surface area (TPSA) is 53.1 Å². The van der Waals surface area contributed by atoms with E-state index in [1.165, 1.54) is 0 Å². The van der Waals surface area contributed by atoms with Crippen LogP contribution >= 0.6 is 11.8 Å². The van der Waals surface area contributed by atoms with Gasteiger partial charge in [0.05, 0.1) is 12.6 Å². The lowest BCUT2D eigenvalue weighted by molar-refractivity contribution is 0.419. The maximum atomic E-state index is 5.99. The standard InChI is InChI=1S/C13H19N3OS/c1-9(18-3)7-8-16-10-5-4-6-11(17-2)12(10)15-13(16)14/h4-6,9H,7-8H2,1-3H3,(H2,14,15). The molecule has 0 spiro atoms. The van der Waals surface area contributed by atoms with E-state index in [9.17, 15) is 0 Å². The third kappa shape index (κ3) is 2.41. The van der Waals surface area contributed by atoms with Gasteiger partial charge in [0.25, 0.3) is 0 Å². The Morgan fingerprint density at radius 3 is 2.94 bits per heavy atom. The number of rotatable bonds is 5. The molecule has 0 amide bonds. The molecule has 18 heavy (non-hydrogen) atoms. The van der Waals surface area contributed by atoms with Gasteiger partial charge in [-0.15, -0.1) is 0 Å². The molecule has 0 aliphatic rings. The van der Waals surface area contributed by atoms with E-state index in [0.717, 1.165) is 29.7 Å². The molecule has 2 aromatic rings. The molecule has 0 saturated heterocycles. The van der Waals surface area contributed by atoms with Crippen LogP contribution in [0.4, 0.5) is 5.95 Å². The van der Waals surface area contributed by atoms with Crippen LogP contribution < -0.4 is 10.5 Å². The highest BCUT2D eigenvalue weighted by Gasteiger charge is 2.12. The number of benzene rings is 1. The zero-order valence-electron chi connectivity index (χ0n) is 11.0. The molecule has 2 rings (SSSR count). The lowest BCUT2D eigenvalue weighted by Gasteiger charge is -2.10. The first kappa shape index (κ1) is 13.1. The van der Waals surface area contributed by atoms with Crippen molar-refractivity contribution in [2.75, 3.05) is 19.1 Å². The number of nitrogens with zero attached hydrogens (tertiary/aromatic N) is 2. The second-order valence-electron chi connectivity index (χ2n) is 4.28. The van der Waals surface area contributed by atoms with E-state index in [4.69, 9.17) is 10.5 Å². The van der Waals surface area contributed by atoms with Gasteiger partial charge in [-0.2, -0.15) is 11.8 Å². The normalized spacial score (nSPS) is 12.8. The largest absolute Gasteiger partial charge is 0.494 e. The zero-order chi connectivity index (χ0) is 13.1. The number of nitrogens with two attached hydrogens (primary N) is 1. The molecule has 5 heteroatoms. The third-order valence-corrected chi connectivity index (χ3v) is 4.19. The predicted molar refractivity (Wildman–Crippen MR) is 78.3 cm³/mol. The van der Waals surface area contributed by atoms with Crippen molar-refractivity contribution >= 4 is 28.7 Å². The van der Waals surface area contributed by atoms with Crippen molar-refractivity contribution < 1.29 is 4.74 Å². The second-order valence-corrected chi connectivity index (χ2v) is 5.56. The third-order valence-electron chi connectivity index (χ3n) is 3.15. The Kier molecular flexibility index (Phi) is 4.01. The number of hydrogen-bond acceptors (Lipinski definition) is 4. The van der Waals surface area contributed by atoms with Gasteiger partial charge in [-0.3, -0.25) is 0 Å². The quantitative estimate of drug-likeness (QED) is 0.903. The number of nitrogen functional groups attached to an aromatic ring is 1. The van der Waals surface area contributed by atoms with Crippen LogP contribution in [0, 0.1) is 0 Å². The van der Waals surface area contributed by atoms with Gasteiger partial charge < -0.3 is 15.0 Å². The number of aromatic nitrogens is 2. The number of para-hydroxylation sites is 1. The Labute approximate surface area is 112 Å². The van der Waals surface area contributed by atoms with E-state index in [1.807, 2.05) is 30.0 Å². The Morgan fingerprint density at radius 2 is 2.28 bits per heavy atom. The minimum atomic E-state index is 0.558. The maximum absolute atomic E-state index is 5.99. The predicted octanol–water partition coefficient (Wildman–Crippen LogP) is 2.77. The second kappa shape index (κ2) is 5.52. The Hall–Kier alpha value is -1.36. The highest BCUT2D eigenvalue weighted by molar-refractivity contribution is 7.99. The van der Waals surface area contributed by atoms with Crippen molar-refractivity contribution in [3.05, 3.63) is 18.2 Å². The van der Waals surface area contributed by atoms with Crippen molar-refractivity contribution in [3.8, 4) is 5.75 Å². The van der Waals surface area contributed by atoms with Crippen LogP contribution in [0.5, 0.6) is 5.75 Å². The maximum Gasteiger partial charge on any atom is 0.201 e. The molecule has 0 bridgehead atoms. The smallest absolute Gasteiger partial charge is 0.201 e. The van der Waals surface area contributed by atoms with Gasteiger partial charge in [-0.25, -0.2) is 4.98 Å². The fourth-order valence-electron chi connectivity index (χ4n) is 1.97. The lowest BCUT2D eigenvalue weighted by Crippen LogP contribution is -2.07. The SMILES string of the molecule is COc1cccc2c1nc(N)n2CCC(C)SC. The van der Waals surface area contributed by atoms with Crippen LogP contribution in [0.2, 0.25) is 0 Å². The lowest BCUT2D eigenvalue weighted by atomic mass is 10.2. The van der Waals surface area contributed by atoms with Gasteiger partial charge in [-0.1, -0.05) is 13.0 Å². The molecule has 0 radical (unpaired) electrons. The molecule has 1 heterocycles. The fourth-order valence-corrected chi connectivity index (χ4v) is 2.31. The van der Waals surface area contributed by atoms with Gasteiger partial charge in [0.2, 0.25) is 5.95 Å². The van der Waals surface area contributed by atoms with Crippen molar-refractivity contribution in [2.45, 2.75) is 25.1 Å². The first-order valence-electron chi connectivity index (χ1n) is 5.99. The van der Waals surface area contributed by atoms with E-state index in [1.54, 1.807) is 7.11 Å². The van der Waals surface area contributed by atoms with Crippen LogP contribution in [0.3, 0.4) is 0 Å². The van der Waals surface area contributed by atoms with E-state index >= 15 is 0 Å². The average Bonchev–Trinajstić information content (AvgIpc) is 2.71. The highest BCUT2D eigenvalue weighted by Crippen LogP contribution is 2.27. The van der Waals surface area contributed by atoms with Crippen LogP contribution in [0.1, 0.15) is 13.3 Å². The van der Waals surface area contributed by atoms with E-state index in [2.05, 4.69) is 22.7 Å². The summed E-state index contributed by atoms with van der Waals surface area (Å²) in [7, 11) is 1.65. The molecule has 0 aliphatic heterocycles. The number of fused-ring (bicyclic) bond motifs is 1. The zero-order valence-corrected chi connectivity index (χ0v) is 11.8. The molecule has 1 atom stereocenters. The summed E-state index contributed by atoms with van der Waals surface area (Å²) in [6.45, 7) is 3.11. The van der Waals surface area contributed by atoms with Crippen LogP contribution in [-0.2, 0) is 6.54 Å². The summed E-state index contributed by atoms with van der Waals surface area (Å²) in [6, 6.07) is 5.91. The minimum Gasteiger partial charge on any atom is -0.494 e. The Balaban J connectivity index is 2.35. The minimum absolute atomic E-state index is 0.558. The summed E-state index contributed by atoms with van der Waals surface area (Å²) in [4.78, 5) is 4.40. The molecule has 2 N–H and O–H groups in total. The van der Waals surface area contributed by atoms with Crippen LogP contribution in [0.15, 0.2) is 18.2 Å². The van der Waals surface area contributed by atoms with Gasteiger partial charge in [0, 0.05) is 11.8 Å². The molecule has 0 aliphatic carbocycles. The number of hydrogen-bond donors (Lipinski definition) is 1. The number of ether oxygens (including phenoxy) is 1. The molecule has 4 nitrogen and oxygen atoms in total. The Morgan fingerprint density at radius 1 is 1.50 bits per heavy atom. The fraction of sp³-hybridized carbons (Fsp3) is 0.462. The summed E-state index contributed by atoms with van der Waals surface area (Å²) in [6.07, 6.45) is 3.21. The first-order chi connectivity index (χ1) is 8.67. The average molecular weight is 265 g/mol. The van der Waals surface area contributed by atoms with Gasteiger partial charge in [0.1, 0.15) is 11.3 Å². The summed E-state index contributed by atoms with van der Waals surface area (Å²) in [5.74, 6) is 1.33. The first-order valence-corrected chi connectivity index (χ1v) is 7.27. The summed E-state index contributed by atoms with van der Waals surface area (Å²) < 4.78 is 7.37. The molecular formula is C13H19N3OS. The summed E-state index contributed by atoms with van der Waals surface area (Å²) in [5.41, 5.74) is 7.88. The van der Waals surface area contributed by atoms with Crippen molar-refractivity contribution in [2.24, 2.45) is 0 Å². The van der Waals surface area contributed by atoms with Crippen molar-refractivity contribution in [1.82, 2.24) is 9.55 Å². The van der Waals surface area contributed by atoms with Gasteiger partial charge >= 0.3 is 0 Å². The number of thioether (sulfide) groups is 1. The molecule has 1 unspecified atom stereocenters. The Bertz CT molecular complexity index is 538. The molecule has 98 valence electrons. The van der Waals surface area contributed by atoms with Crippen molar-refractivity contribution in [1.29, 1.82) is 0 Å². The highest BCUT2D eigenvalue weighted by atomic mass is 32.2. The van der Waals surface area contributed by atoms with E-state index in [0.29, 0.717) is 11.2 Å². The van der Waals surface area contributed by atoms with Crippen molar-refractivity contribution in [3.63, 3.8) is 0 Å². The van der Waals surface area contributed by atoms with Crippen LogP contribution in [0.25, 0.3) is 11.0 Å². The molecule has 0 saturated carbocycles. The molecule has 0 fully saturated rings. The van der Waals surface area contributed by atoms with E-state index < -0.39 is 0 Å².